The number of benzene rings is 1. The molecule has 2 aromatic heterocycles. The second-order valence-corrected chi connectivity index (χ2v) is 6.53. The summed E-state index contributed by atoms with van der Waals surface area (Å²) < 4.78 is 2.51. The maximum absolute atomic E-state index is 4.41. The summed E-state index contributed by atoms with van der Waals surface area (Å²) in [5, 5.41) is 1.42. The number of likely N-dealkylation sites (N-methyl/N-ethyl adjacent to an activating group) is 1. The van der Waals surface area contributed by atoms with Crippen molar-refractivity contribution in [1.29, 1.82) is 0 Å². The van der Waals surface area contributed by atoms with Crippen molar-refractivity contribution in [3.63, 3.8) is 0 Å². The molecule has 3 heterocycles. The van der Waals surface area contributed by atoms with Crippen LogP contribution in [0.5, 0.6) is 0 Å². The first-order valence-electron chi connectivity index (χ1n) is 8.26. The summed E-state index contributed by atoms with van der Waals surface area (Å²) in [4.78, 5) is 11.0. The van der Waals surface area contributed by atoms with E-state index in [1.165, 1.54) is 27.7 Å². The Labute approximate surface area is 148 Å². The maximum Gasteiger partial charge on any atom is 0.0604 e. The minimum atomic E-state index is 0. The largest absolute Gasteiger partial charge is 0.344 e. The predicted octanol–water partition coefficient (Wildman–Crippen LogP) is 3.39. The van der Waals surface area contributed by atoms with E-state index in [9.17, 15) is 0 Å². The molecule has 1 aliphatic heterocycles. The van der Waals surface area contributed by atoms with Crippen LogP contribution in [0.1, 0.15) is 22.5 Å². The van der Waals surface area contributed by atoms with E-state index in [1.807, 2.05) is 6.20 Å². The van der Waals surface area contributed by atoms with E-state index in [4.69, 9.17) is 0 Å². The highest BCUT2D eigenvalue weighted by molar-refractivity contribution is 5.86. The molecular weight excluding hydrogens is 320 g/mol. The average molecular weight is 343 g/mol. The Morgan fingerprint density at radius 2 is 2.08 bits per heavy atom. The lowest BCUT2D eigenvalue weighted by atomic mass is 10.0. The summed E-state index contributed by atoms with van der Waals surface area (Å²) in [6.07, 6.45) is 7.43. The number of nitrogens with zero attached hydrogens (tertiary/aromatic N) is 4. The molecule has 1 aliphatic rings. The number of hydrogen-bond donors (Lipinski definition) is 0. The molecule has 3 aromatic rings. The fraction of sp³-hybridized carbons (Fsp3) is 0.368. The van der Waals surface area contributed by atoms with Gasteiger partial charge < -0.3 is 9.47 Å². The topological polar surface area (TPSA) is 34.0 Å². The fourth-order valence-corrected chi connectivity index (χ4v) is 3.64. The molecule has 4 rings (SSSR count). The Balaban J connectivity index is 0.00000169. The van der Waals surface area contributed by atoms with Gasteiger partial charge in [0.2, 0.25) is 0 Å². The zero-order valence-corrected chi connectivity index (χ0v) is 15.0. The van der Waals surface area contributed by atoms with Gasteiger partial charge in [0.15, 0.2) is 0 Å². The number of hydrogen-bond acceptors (Lipinski definition) is 3. The van der Waals surface area contributed by atoms with Gasteiger partial charge >= 0.3 is 0 Å². The molecule has 0 radical (unpaired) electrons. The average Bonchev–Trinajstić information content (AvgIpc) is 2.86. The zero-order chi connectivity index (χ0) is 15.8. The standard InChI is InChI=1S/C19H22N4.ClH/c1-14-3-4-18-16(11-14)17-13-22(2)9-6-19(17)23(18)10-5-15-12-20-7-8-21-15;/h3-4,7-8,11-12H,5-6,9-10,13H2,1-2H3;1H. The highest BCUT2D eigenvalue weighted by Crippen LogP contribution is 2.31. The molecule has 0 saturated carbocycles. The van der Waals surface area contributed by atoms with Crippen molar-refractivity contribution >= 4 is 23.3 Å². The van der Waals surface area contributed by atoms with E-state index >= 15 is 0 Å². The summed E-state index contributed by atoms with van der Waals surface area (Å²) in [5.41, 5.74) is 6.77. The van der Waals surface area contributed by atoms with Crippen molar-refractivity contribution in [3.05, 3.63) is 59.3 Å². The molecule has 0 N–H and O–H groups in total. The predicted molar refractivity (Wildman–Crippen MR) is 99.7 cm³/mol. The van der Waals surface area contributed by atoms with Gasteiger partial charge in [-0.05, 0) is 31.7 Å². The summed E-state index contributed by atoms with van der Waals surface area (Å²) in [5.74, 6) is 0. The van der Waals surface area contributed by atoms with E-state index in [0.29, 0.717) is 0 Å². The van der Waals surface area contributed by atoms with Crippen LogP contribution in [0.2, 0.25) is 0 Å². The molecule has 1 aromatic carbocycles. The van der Waals surface area contributed by atoms with Crippen LogP contribution >= 0.6 is 12.4 Å². The molecular formula is C19H23ClN4. The van der Waals surface area contributed by atoms with E-state index < -0.39 is 0 Å². The molecule has 0 spiro atoms. The summed E-state index contributed by atoms with van der Waals surface area (Å²) in [6.45, 7) is 5.33. The molecule has 0 unspecified atom stereocenters. The van der Waals surface area contributed by atoms with Crippen molar-refractivity contribution in [2.24, 2.45) is 0 Å². The SMILES string of the molecule is Cc1ccc2c(c1)c1c(n2CCc2cnccn2)CCN(C)C1.Cl. The van der Waals surface area contributed by atoms with Gasteiger partial charge in [-0.2, -0.15) is 0 Å². The molecule has 4 nitrogen and oxygen atoms in total. The van der Waals surface area contributed by atoms with Crippen molar-refractivity contribution < 1.29 is 0 Å². The molecule has 0 saturated heterocycles. The Morgan fingerprint density at radius 3 is 2.88 bits per heavy atom. The van der Waals surface area contributed by atoms with Crippen LogP contribution in [-0.2, 0) is 25.9 Å². The van der Waals surface area contributed by atoms with E-state index in [-0.39, 0.29) is 12.4 Å². The van der Waals surface area contributed by atoms with Crippen LogP contribution in [-0.4, -0.2) is 33.0 Å². The molecule has 0 aliphatic carbocycles. The zero-order valence-electron chi connectivity index (χ0n) is 14.2. The van der Waals surface area contributed by atoms with E-state index in [2.05, 4.69) is 51.6 Å². The summed E-state index contributed by atoms with van der Waals surface area (Å²) in [7, 11) is 2.21. The van der Waals surface area contributed by atoms with Crippen LogP contribution in [0.3, 0.4) is 0 Å². The van der Waals surface area contributed by atoms with Gasteiger partial charge in [0.05, 0.1) is 5.69 Å². The van der Waals surface area contributed by atoms with Crippen LogP contribution < -0.4 is 0 Å². The first-order valence-corrected chi connectivity index (χ1v) is 8.26. The molecule has 126 valence electrons. The van der Waals surface area contributed by atoms with Crippen LogP contribution in [0.4, 0.5) is 0 Å². The smallest absolute Gasteiger partial charge is 0.0604 e. The maximum atomic E-state index is 4.41. The molecule has 0 amide bonds. The highest BCUT2D eigenvalue weighted by atomic mass is 35.5. The van der Waals surface area contributed by atoms with Gasteiger partial charge in [-0.1, -0.05) is 11.6 Å². The molecule has 5 heteroatoms. The third kappa shape index (κ3) is 3.04. The van der Waals surface area contributed by atoms with Crippen LogP contribution in [0, 0.1) is 6.92 Å². The minimum Gasteiger partial charge on any atom is -0.344 e. The molecule has 0 bridgehead atoms. The van der Waals surface area contributed by atoms with Crippen LogP contribution in [0.15, 0.2) is 36.8 Å². The van der Waals surface area contributed by atoms with Crippen molar-refractivity contribution in [3.8, 4) is 0 Å². The monoisotopic (exact) mass is 342 g/mol. The fourth-order valence-electron chi connectivity index (χ4n) is 3.64. The lowest BCUT2D eigenvalue weighted by Gasteiger charge is -2.24. The first kappa shape index (κ1) is 16.9. The normalized spacial score (nSPS) is 14.4. The lowest BCUT2D eigenvalue weighted by Crippen LogP contribution is -2.27. The second-order valence-electron chi connectivity index (χ2n) is 6.53. The van der Waals surface area contributed by atoms with Gasteiger partial charge in [-0.3, -0.25) is 9.97 Å². The van der Waals surface area contributed by atoms with Crippen LogP contribution in [0.25, 0.3) is 10.9 Å². The van der Waals surface area contributed by atoms with Crippen molar-refractivity contribution in [1.82, 2.24) is 19.4 Å². The Morgan fingerprint density at radius 1 is 1.21 bits per heavy atom. The first-order chi connectivity index (χ1) is 11.2. The number of rotatable bonds is 3. The van der Waals surface area contributed by atoms with Crippen molar-refractivity contribution in [2.45, 2.75) is 32.9 Å². The van der Waals surface area contributed by atoms with Gasteiger partial charge in [0, 0.05) is 67.7 Å². The Hall–Kier alpha value is -1.91. The van der Waals surface area contributed by atoms with Crippen molar-refractivity contribution in [2.75, 3.05) is 13.6 Å². The Kier molecular flexibility index (Phi) is 4.88. The number of aromatic nitrogens is 3. The van der Waals surface area contributed by atoms with Gasteiger partial charge in [0.1, 0.15) is 0 Å². The number of aryl methyl sites for hydroxylation is 3. The lowest BCUT2D eigenvalue weighted by molar-refractivity contribution is 0.309. The molecule has 24 heavy (non-hydrogen) atoms. The van der Waals surface area contributed by atoms with E-state index in [1.54, 1.807) is 12.4 Å². The number of halogens is 1. The minimum absolute atomic E-state index is 0. The highest BCUT2D eigenvalue weighted by Gasteiger charge is 2.22. The third-order valence-electron chi connectivity index (χ3n) is 4.81. The van der Waals surface area contributed by atoms with E-state index in [0.717, 1.165) is 38.2 Å². The Bertz CT molecular complexity index is 841. The second kappa shape index (κ2) is 6.91. The number of fused-ring (bicyclic) bond motifs is 3. The molecule has 0 atom stereocenters. The van der Waals surface area contributed by atoms with Gasteiger partial charge in [-0.25, -0.2) is 0 Å². The molecule has 0 fully saturated rings. The van der Waals surface area contributed by atoms with Gasteiger partial charge in [-0.15, -0.1) is 12.4 Å². The summed E-state index contributed by atoms with van der Waals surface area (Å²) in [6, 6.07) is 6.84. The summed E-state index contributed by atoms with van der Waals surface area (Å²) >= 11 is 0. The quantitative estimate of drug-likeness (QED) is 0.731. The third-order valence-corrected chi connectivity index (χ3v) is 4.81. The van der Waals surface area contributed by atoms with Gasteiger partial charge in [0.25, 0.3) is 0 Å².